The molecule has 0 bridgehead atoms. The molecular formula is C96H175NO8P+. The van der Waals surface area contributed by atoms with Crippen LogP contribution < -0.4 is 0 Å². The molecule has 0 radical (unpaired) electrons. The van der Waals surface area contributed by atoms with Crippen molar-refractivity contribution in [3.05, 3.63) is 109 Å². The number of nitrogens with zero attached hydrogens (tertiary/aromatic N) is 1. The maximum atomic E-state index is 13.0. The quantitative estimate of drug-likeness (QED) is 0.0211. The number of hydrogen-bond donors (Lipinski definition) is 1. The van der Waals surface area contributed by atoms with E-state index in [4.69, 9.17) is 18.5 Å². The first kappa shape index (κ1) is 103. The molecular weight excluding hydrogens is 1330 g/mol. The first-order valence-electron chi connectivity index (χ1n) is 45.6. The number of phosphoric acid groups is 1. The number of unbranched alkanes of at least 4 members (excludes halogenated alkanes) is 53. The molecule has 0 aromatic carbocycles. The smallest absolute Gasteiger partial charge is 0.462 e. The van der Waals surface area contributed by atoms with Gasteiger partial charge in [-0.25, -0.2) is 4.57 Å². The fraction of sp³-hybridized carbons (Fsp3) is 0.792. The molecule has 0 aliphatic heterocycles. The molecule has 9 nitrogen and oxygen atoms in total. The van der Waals surface area contributed by atoms with Crippen LogP contribution in [0.3, 0.4) is 0 Å². The zero-order valence-corrected chi connectivity index (χ0v) is 71.6. The van der Waals surface area contributed by atoms with Crippen molar-refractivity contribution in [3.8, 4) is 0 Å². The molecule has 616 valence electrons. The van der Waals surface area contributed by atoms with E-state index in [9.17, 15) is 19.0 Å². The van der Waals surface area contributed by atoms with Gasteiger partial charge in [0.1, 0.15) is 19.8 Å². The van der Waals surface area contributed by atoms with Crippen molar-refractivity contribution in [1.82, 2.24) is 0 Å². The van der Waals surface area contributed by atoms with Crippen molar-refractivity contribution in [1.29, 1.82) is 0 Å². The van der Waals surface area contributed by atoms with Crippen molar-refractivity contribution in [2.24, 2.45) is 0 Å². The van der Waals surface area contributed by atoms with Gasteiger partial charge in [-0.15, -0.1) is 0 Å². The Balaban J connectivity index is 3.90. The fourth-order valence-electron chi connectivity index (χ4n) is 13.4. The summed E-state index contributed by atoms with van der Waals surface area (Å²) < 4.78 is 34.9. The minimum atomic E-state index is -4.40. The minimum Gasteiger partial charge on any atom is -0.462 e. The highest BCUT2D eigenvalue weighted by atomic mass is 31.2. The molecule has 0 rings (SSSR count). The topological polar surface area (TPSA) is 108 Å². The summed E-state index contributed by atoms with van der Waals surface area (Å²) in [5.41, 5.74) is 0. The average molecular weight is 1500 g/mol. The summed E-state index contributed by atoms with van der Waals surface area (Å²) >= 11 is 0. The van der Waals surface area contributed by atoms with Crippen molar-refractivity contribution < 1.29 is 42.1 Å². The van der Waals surface area contributed by atoms with Crippen LogP contribution in [-0.2, 0) is 32.7 Å². The largest absolute Gasteiger partial charge is 0.472 e. The summed E-state index contributed by atoms with van der Waals surface area (Å²) in [4.78, 5) is 36.1. The van der Waals surface area contributed by atoms with Gasteiger partial charge >= 0.3 is 19.8 Å². The third-order valence-electron chi connectivity index (χ3n) is 20.3. The summed E-state index contributed by atoms with van der Waals surface area (Å²) in [7, 11) is 1.49. The van der Waals surface area contributed by atoms with Crippen LogP contribution in [0.4, 0.5) is 0 Å². The van der Waals surface area contributed by atoms with Gasteiger partial charge in [-0.05, 0) is 83.5 Å². The highest BCUT2D eigenvalue weighted by molar-refractivity contribution is 7.47. The number of allylic oxidation sites excluding steroid dienone is 18. The summed E-state index contributed by atoms with van der Waals surface area (Å²) in [5.74, 6) is -0.782. The number of quaternary nitrogens is 1. The van der Waals surface area contributed by atoms with Gasteiger partial charge in [0.15, 0.2) is 6.10 Å². The molecule has 0 fully saturated rings. The average Bonchev–Trinajstić information content (AvgIpc) is 0.908. The summed E-state index contributed by atoms with van der Waals surface area (Å²) in [6.45, 7) is 4.38. The van der Waals surface area contributed by atoms with E-state index in [0.29, 0.717) is 23.9 Å². The molecule has 0 saturated heterocycles. The van der Waals surface area contributed by atoms with Crippen molar-refractivity contribution >= 4 is 19.8 Å². The van der Waals surface area contributed by atoms with Gasteiger partial charge in [-0.1, -0.05) is 451 Å². The Labute approximate surface area is 658 Å². The number of carbonyl (C=O) groups is 2. The molecule has 0 aliphatic rings. The maximum absolute atomic E-state index is 13.0. The summed E-state index contributed by atoms with van der Waals surface area (Å²) in [6, 6.07) is 0. The lowest BCUT2D eigenvalue weighted by Crippen LogP contribution is -2.37. The first-order chi connectivity index (χ1) is 52.0. The molecule has 0 aromatic rings. The lowest BCUT2D eigenvalue weighted by Gasteiger charge is -2.24. The predicted octanol–water partition coefficient (Wildman–Crippen LogP) is 31.1. The molecule has 0 spiro atoms. The van der Waals surface area contributed by atoms with E-state index in [0.717, 1.165) is 96.3 Å². The van der Waals surface area contributed by atoms with Gasteiger partial charge in [0, 0.05) is 12.8 Å². The second kappa shape index (κ2) is 85.7. The monoisotopic (exact) mass is 1500 g/mol. The Bertz CT molecular complexity index is 2170. The number of hydrogen-bond acceptors (Lipinski definition) is 7. The van der Waals surface area contributed by atoms with Crippen molar-refractivity contribution in [2.75, 3.05) is 47.5 Å². The lowest BCUT2D eigenvalue weighted by molar-refractivity contribution is -0.870. The SMILES string of the molecule is CC/C=C\C/C=C\C/C=C\C/C=C\C/C=C\C/C=C\C/C=C\C/C=C\C/C=C\CCCCCCCCCCCCCCCC(=O)OC(COC(=O)CCCCCCCCCCCCCCCCCCCCCCCCCCCCCCCCCCCCCCCCCCC)COP(=O)(O)OCC[N+](C)(C)C. The van der Waals surface area contributed by atoms with Gasteiger partial charge in [0.25, 0.3) is 0 Å². The number of carbonyl (C=O) groups excluding carboxylic acids is 2. The molecule has 2 atom stereocenters. The molecule has 0 saturated carbocycles. The highest BCUT2D eigenvalue weighted by Crippen LogP contribution is 2.43. The zero-order valence-electron chi connectivity index (χ0n) is 70.7. The Kier molecular flexibility index (Phi) is 83.0. The molecule has 106 heavy (non-hydrogen) atoms. The molecule has 2 unspecified atom stereocenters. The van der Waals surface area contributed by atoms with E-state index < -0.39 is 26.5 Å². The number of phosphoric ester groups is 1. The Morgan fingerprint density at radius 3 is 0.802 bits per heavy atom. The van der Waals surface area contributed by atoms with E-state index in [1.54, 1.807) is 0 Å². The van der Waals surface area contributed by atoms with Crippen molar-refractivity contribution in [2.45, 2.75) is 444 Å². The van der Waals surface area contributed by atoms with Crippen LogP contribution in [0, 0.1) is 0 Å². The molecule has 0 amide bonds. The molecule has 10 heteroatoms. The zero-order chi connectivity index (χ0) is 76.8. The standard InChI is InChI=1S/C96H174NO8P/c1-6-8-10-12-14-16-18-20-22-24-26-28-30-32-34-36-38-40-42-44-46-48-50-52-54-56-58-60-62-64-66-68-70-72-74-76-78-80-82-84-86-88-95(98)102-92-94(93-104-106(100,101)103-91-90-97(3,4)5)105-96(99)89-87-85-83-81-79-77-75-73-71-69-67-65-63-61-59-57-55-53-51-49-47-45-43-41-39-37-35-33-31-29-27-25-23-21-19-17-15-13-11-9-7-2/h9,11,15,17,21,23,27,29,33,35,39,41,45,47,51,53,57,59,94H,6-8,10,12-14,16,18-20,22,24-26,28,30-32,34,36-38,40,42-44,46,48-50,52,54-56,58,60-93H2,1-5H3/p+1/b11-9-,17-15-,23-21-,29-27-,35-33-,41-39-,47-45-,53-51-,59-57-. The third-order valence-corrected chi connectivity index (χ3v) is 21.3. The van der Waals surface area contributed by atoms with Crippen LogP contribution in [0.5, 0.6) is 0 Å². The van der Waals surface area contributed by atoms with Crippen LogP contribution in [-0.4, -0.2) is 74.9 Å². The number of rotatable bonds is 85. The second-order valence-electron chi connectivity index (χ2n) is 32.0. The molecule has 0 heterocycles. The van der Waals surface area contributed by atoms with Gasteiger partial charge in [-0.3, -0.25) is 18.6 Å². The van der Waals surface area contributed by atoms with Crippen LogP contribution >= 0.6 is 7.82 Å². The number of likely N-dealkylation sites (N-methyl/N-ethyl adjacent to an activating group) is 1. The maximum Gasteiger partial charge on any atom is 0.472 e. The summed E-state index contributed by atoms with van der Waals surface area (Å²) in [6.07, 6.45) is 123. The van der Waals surface area contributed by atoms with E-state index in [-0.39, 0.29) is 25.6 Å². The molecule has 1 N–H and O–H groups in total. The van der Waals surface area contributed by atoms with Gasteiger partial charge < -0.3 is 18.9 Å². The van der Waals surface area contributed by atoms with Gasteiger partial charge in [-0.2, -0.15) is 0 Å². The van der Waals surface area contributed by atoms with Crippen LogP contribution in [0.2, 0.25) is 0 Å². The van der Waals surface area contributed by atoms with E-state index in [2.05, 4.69) is 123 Å². The number of esters is 2. The lowest BCUT2D eigenvalue weighted by atomic mass is 10.0. The van der Waals surface area contributed by atoms with E-state index in [1.165, 1.54) is 308 Å². The fourth-order valence-corrected chi connectivity index (χ4v) is 14.2. The van der Waals surface area contributed by atoms with Crippen LogP contribution in [0.25, 0.3) is 0 Å². The Morgan fingerprint density at radius 2 is 0.538 bits per heavy atom. The van der Waals surface area contributed by atoms with Crippen LogP contribution in [0.15, 0.2) is 109 Å². The van der Waals surface area contributed by atoms with E-state index >= 15 is 0 Å². The van der Waals surface area contributed by atoms with Gasteiger partial charge in [0.05, 0.1) is 27.7 Å². The van der Waals surface area contributed by atoms with Crippen molar-refractivity contribution in [3.63, 3.8) is 0 Å². The minimum absolute atomic E-state index is 0.0302. The van der Waals surface area contributed by atoms with Crippen LogP contribution in [0.1, 0.15) is 438 Å². The third kappa shape index (κ3) is 89.6. The first-order valence-corrected chi connectivity index (χ1v) is 47.1. The molecule has 0 aromatic heterocycles. The second-order valence-corrected chi connectivity index (χ2v) is 33.4. The predicted molar refractivity (Wildman–Crippen MR) is 464 cm³/mol. The van der Waals surface area contributed by atoms with Gasteiger partial charge in [0.2, 0.25) is 0 Å². The number of ether oxygens (including phenoxy) is 2. The Hall–Kier alpha value is -3.33. The van der Waals surface area contributed by atoms with E-state index in [1.807, 2.05) is 21.1 Å². The highest BCUT2D eigenvalue weighted by Gasteiger charge is 2.27. The molecule has 0 aliphatic carbocycles. The Morgan fingerprint density at radius 1 is 0.302 bits per heavy atom. The normalized spacial score (nSPS) is 13.5. The summed E-state index contributed by atoms with van der Waals surface area (Å²) in [5, 5.41) is 0.